The van der Waals surface area contributed by atoms with E-state index in [9.17, 15) is 0 Å². The van der Waals surface area contributed by atoms with Crippen LogP contribution in [0.2, 0.25) is 0 Å². The van der Waals surface area contributed by atoms with Gasteiger partial charge in [0.2, 0.25) is 0 Å². The zero-order valence-corrected chi connectivity index (χ0v) is 11.0. The molecule has 0 bridgehead atoms. The van der Waals surface area contributed by atoms with Crippen molar-refractivity contribution in [1.29, 1.82) is 0 Å². The number of nitrogens with zero attached hydrogens (tertiary/aromatic N) is 3. The molecule has 2 heterocycles. The SMILES string of the molecule is c1ccc2c(c1)CC(Nc1ncnc3ncccc13)C2. The lowest BCUT2D eigenvalue weighted by atomic mass is 10.1. The van der Waals surface area contributed by atoms with Gasteiger partial charge in [0.1, 0.15) is 12.1 Å². The fraction of sp³-hybridized carbons (Fsp3) is 0.188. The molecule has 2 aromatic heterocycles. The highest BCUT2D eigenvalue weighted by Gasteiger charge is 2.21. The number of benzene rings is 1. The molecule has 4 rings (SSSR count). The Morgan fingerprint density at radius 1 is 0.900 bits per heavy atom. The Kier molecular flexibility index (Phi) is 2.59. The summed E-state index contributed by atoms with van der Waals surface area (Å²) < 4.78 is 0. The van der Waals surface area contributed by atoms with Crippen LogP contribution in [0, 0.1) is 0 Å². The molecule has 4 heteroatoms. The maximum Gasteiger partial charge on any atom is 0.164 e. The average Bonchev–Trinajstić information content (AvgIpc) is 2.90. The monoisotopic (exact) mass is 262 g/mol. The van der Waals surface area contributed by atoms with E-state index in [2.05, 4.69) is 44.5 Å². The summed E-state index contributed by atoms with van der Waals surface area (Å²) in [7, 11) is 0. The highest BCUT2D eigenvalue weighted by Crippen LogP contribution is 2.25. The van der Waals surface area contributed by atoms with Crippen molar-refractivity contribution in [3.05, 3.63) is 60.0 Å². The number of aromatic nitrogens is 3. The van der Waals surface area contributed by atoms with E-state index < -0.39 is 0 Å². The lowest BCUT2D eigenvalue weighted by molar-refractivity contribution is 0.770. The zero-order chi connectivity index (χ0) is 13.4. The number of rotatable bonds is 2. The Morgan fingerprint density at radius 2 is 1.70 bits per heavy atom. The van der Waals surface area contributed by atoms with E-state index >= 15 is 0 Å². The van der Waals surface area contributed by atoms with Crippen molar-refractivity contribution in [2.75, 3.05) is 5.32 Å². The van der Waals surface area contributed by atoms with Crippen LogP contribution in [0.1, 0.15) is 11.1 Å². The quantitative estimate of drug-likeness (QED) is 0.771. The van der Waals surface area contributed by atoms with Gasteiger partial charge in [-0.05, 0) is 36.1 Å². The molecule has 0 fully saturated rings. The molecule has 3 aromatic rings. The molecule has 0 radical (unpaired) electrons. The summed E-state index contributed by atoms with van der Waals surface area (Å²) in [6, 6.07) is 12.9. The van der Waals surface area contributed by atoms with Gasteiger partial charge in [-0.2, -0.15) is 0 Å². The van der Waals surface area contributed by atoms with Gasteiger partial charge < -0.3 is 5.32 Å². The molecule has 0 saturated heterocycles. The molecule has 4 nitrogen and oxygen atoms in total. The van der Waals surface area contributed by atoms with Gasteiger partial charge >= 0.3 is 0 Å². The van der Waals surface area contributed by atoms with Crippen LogP contribution in [-0.2, 0) is 12.8 Å². The van der Waals surface area contributed by atoms with Crippen molar-refractivity contribution in [2.45, 2.75) is 18.9 Å². The van der Waals surface area contributed by atoms with E-state index in [4.69, 9.17) is 0 Å². The van der Waals surface area contributed by atoms with Crippen LogP contribution in [0.4, 0.5) is 5.82 Å². The fourth-order valence-electron chi connectivity index (χ4n) is 2.86. The Bertz CT molecular complexity index is 739. The number of hydrogen-bond acceptors (Lipinski definition) is 4. The lowest BCUT2D eigenvalue weighted by Gasteiger charge is -2.13. The molecule has 1 aliphatic rings. The number of hydrogen-bond donors (Lipinski definition) is 1. The summed E-state index contributed by atoms with van der Waals surface area (Å²) in [5, 5.41) is 4.52. The van der Waals surface area contributed by atoms with Gasteiger partial charge in [0, 0.05) is 12.2 Å². The number of nitrogens with one attached hydrogen (secondary N) is 1. The lowest BCUT2D eigenvalue weighted by Crippen LogP contribution is -2.20. The third-order valence-electron chi connectivity index (χ3n) is 3.80. The molecule has 98 valence electrons. The first kappa shape index (κ1) is 11.3. The summed E-state index contributed by atoms with van der Waals surface area (Å²) in [5.74, 6) is 0.876. The van der Waals surface area contributed by atoms with Crippen LogP contribution in [-0.4, -0.2) is 21.0 Å². The van der Waals surface area contributed by atoms with E-state index in [1.165, 1.54) is 11.1 Å². The number of anilines is 1. The average molecular weight is 262 g/mol. The predicted molar refractivity (Wildman–Crippen MR) is 78.6 cm³/mol. The van der Waals surface area contributed by atoms with Crippen LogP contribution >= 0.6 is 0 Å². The Hall–Kier alpha value is -2.49. The molecule has 0 aliphatic heterocycles. The first-order valence-corrected chi connectivity index (χ1v) is 6.79. The van der Waals surface area contributed by atoms with Gasteiger partial charge in [0.15, 0.2) is 5.65 Å². The topological polar surface area (TPSA) is 50.7 Å². The zero-order valence-electron chi connectivity index (χ0n) is 11.0. The molecule has 20 heavy (non-hydrogen) atoms. The summed E-state index contributed by atoms with van der Waals surface area (Å²) in [6.45, 7) is 0. The first-order valence-electron chi connectivity index (χ1n) is 6.79. The van der Waals surface area contributed by atoms with Crippen molar-refractivity contribution in [3.8, 4) is 0 Å². The summed E-state index contributed by atoms with van der Waals surface area (Å²) in [6.07, 6.45) is 5.41. The fourth-order valence-corrected chi connectivity index (χ4v) is 2.86. The molecule has 0 saturated carbocycles. The second-order valence-electron chi connectivity index (χ2n) is 5.12. The molecule has 1 aliphatic carbocycles. The minimum Gasteiger partial charge on any atom is -0.366 e. The second kappa shape index (κ2) is 4.56. The molecular formula is C16H14N4. The molecule has 0 atom stereocenters. The minimum atomic E-state index is 0.394. The molecule has 0 spiro atoms. The van der Waals surface area contributed by atoms with Gasteiger partial charge in [-0.15, -0.1) is 0 Å². The minimum absolute atomic E-state index is 0.394. The van der Waals surface area contributed by atoms with Crippen LogP contribution < -0.4 is 5.32 Å². The first-order chi connectivity index (χ1) is 9.90. The van der Waals surface area contributed by atoms with Crippen molar-refractivity contribution in [1.82, 2.24) is 15.0 Å². The van der Waals surface area contributed by atoms with E-state index in [0.29, 0.717) is 6.04 Å². The highest BCUT2D eigenvalue weighted by molar-refractivity contribution is 5.86. The number of fused-ring (bicyclic) bond motifs is 2. The van der Waals surface area contributed by atoms with Crippen molar-refractivity contribution in [2.24, 2.45) is 0 Å². The molecule has 0 amide bonds. The molecule has 0 unspecified atom stereocenters. The Balaban J connectivity index is 1.64. The highest BCUT2D eigenvalue weighted by atomic mass is 15.1. The summed E-state index contributed by atoms with van der Waals surface area (Å²) in [4.78, 5) is 12.8. The second-order valence-corrected chi connectivity index (χ2v) is 5.12. The number of pyridine rings is 1. The maximum atomic E-state index is 4.37. The van der Waals surface area contributed by atoms with E-state index in [1.807, 2.05) is 12.1 Å². The normalized spacial score (nSPS) is 14.4. The smallest absolute Gasteiger partial charge is 0.164 e. The molecule has 1 aromatic carbocycles. The Labute approximate surface area is 116 Å². The van der Waals surface area contributed by atoms with Crippen molar-refractivity contribution in [3.63, 3.8) is 0 Å². The largest absolute Gasteiger partial charge is 0.366 e. The predicted octanol–water partition coefficient (Wildman–Crippen LogP) is 2.60. The van der Waals surface area contributed by atoms with Gasteiger partial charge in [-0.25, -0.2) is 15.0 Å². The van der Waals surface area contributed by atoms with E-state index in [0.717, 1.165) is 29.7 Å². The van der Waals surface area contributed by atoms with Crippen molar-refractivity contribution < 1.29 is 0 Å². The maximum absolute atomic E-state index is 4.37. The molecular weight excluding hydrogens is 248 g/mol. The Morgan fingerprint density at radius 3 is 2.50 bits per heavy atom. The van der Waals surface area contributed by atoms with Crippen LogP contribution in [0.5, 0.6) is 0 Å². The third kappa shape index (κ3) is 1.90. The third-order valence-corrected chi connectivity index (χ3v) is 3.80. The van der Waals surface area contributed by atoms with E-state index in [-0.39, 0.29) is 0 Å². The summed E-state index contributed by atoms with van der Waals surface area (Å²) >= 11 is 0. The molecule has 1 N–H and O–H groups in total. The van der Waals surface area contributed by atoms with E-state index in [1.54, 1.807) is 12.5 Å². The van der Waals surface area contributed by atoms with Crippen LogP contribution in [0.25, 0.3) is 11.0 Å². The summed E-state index contributed by atoms with van der Waals surface area (Å²) in [5.41, 5.74) is 3.60. The van der Waals surface area contributed by atoms with Gasteiger partial charge in [0.05, 0.1) is 5.39 Å². The van der Waals surface area contributed by atoms with Crippen molar-refractivity contribution >= 4 is 16.9 Å². The van der Waals surface area contributed by atoms with Gasteiger partial charge in [0.25, 0.3) is 0 Å². The van der Waals surface area contributed by atoms with Crippen LogP contribution in [0.15, 0.2) is 48.9 Å². The van der Waals surface area contributed by atoms with Gasteiger partial charge in [-0.1, -0.05) is 24.3 Å². The van der Waals surface area contributed by atoms with Gasteiger partial charge in [-0.3, -0.25) is 0 Å². The standard InChI is InChI=1S/C16H14N4/c1-2-5-12-9-13(8-11(12)4-1)20-16-14-6-3-7-17-15(14)18-10-19-16/h1-7,10,13H,8-9H2,(H,17,18,19,20). The van der Waals surface area contributed by atoms with Crippen LogP contribution in [0.3, 0.4) is 0 Å².